The number of esters is 1. The van der Waals surface area contributed by atoms with E-state index in [-0.39, 0.29) is 6.61 Å². The summed E-state index contributed by atoms with van der Waals surface area (Å²) in [5.74, 6) is -4.86. The number of alkyl halides is 2. The highest BCUT2D eigenvalue weighted by molar-refractivity contribution is 5.77. The molecular formula is C15H24F2O4. The van der Waals surface area contributed by atoms with Crippen LogP contribution >= 0.6 is 0 Å². The number of halogens is 2. The zero-order valence-corrected chi connectivity index (χ0v) is 12.5. The Labute approximate surface area is 124 Å². The highest BCUT2D eigenvalue weighted by Crippen LogP contribution is 2.27. The highest BCUT2D eigenvalue weighted by atomic mass is 19.3. The van der Waals surface area contributed by atoms with Crippen LogP contribution < -0.4 is 0 Å². The maximum atomic E-state index is 13.2. The molecule has 21 heavy (non-hydrogen) atoms. The predicted octanol–water partition coefficient (Wildman–Crippen LogP) is 3.45. The molecule has 2 heterocycles. The molecule has 0 aliphatic carbocycles. The third-order valence-electron chi connectivity index (χ3n) is 3.16. The van der Waals surface area contributed by atoms with E-state index in [9.17, 15) is 13.6 Å². The van der Waals surface area contributed by atoms with Crippen LogP contribution in [0, 0.1) is 0 Å². The van der Waals surface area contributed by atoms with Crippen molar-refractivity contribution in [2.24, 2.45) is 0 Å². The van der Waals surface area contributed by atoms with E-state index in [4.69, 9.17) is 9.47 Å². The third-order valence-corrected chi connectivity index (χ3v) is 3.16. The maximum Gasteiger partial charge on any atom is 0.377 e. The van der Waals surface area contributed by atoms with Crippen molar-refractivity contribution in [1.29, 1.82) is 0 Å². The van der Waals surface area contributed by atoms with Crippen molar-refractivity contribution >= 4 is 5.97 Å². The molecule has 0 aromatic rings. The second-order valence-electron chi connectivity index (χ2n) is 5.00. The summed E-state index contributed by atoms with van der Waals surface area (Å²) in [7, 11) is 0. The van der Waals surface area contributed by atoms with Crippen LogP contribution in [-0.2, 0) is 19.0 Å². The van der Waals surface area contributed by atoms with Gasteiger partial charge in [-0.15, -0.1) is 0 Å². The molecule has 2 rings (SSSR count). The first-order valence-corrected chi connectivity index (χ1v) is 7.49. The Morgan fingerprint density at radius 2 is 2.14 bits per heavy atom. The molecule has 1 fully saturated rings. The van der Waals surface area contributed by atoms with Gasteiger partial charge in [0.25, 0.3) is 0 Å². The second kappa shape index (κ2) is 9.71. The molecule has 0 bridgehead atoms. The SMILES string of the molecule is C1=COCCC1.CCOC(=O)C(F)(F)CC1CCCCO1. The quantitative estimate of drug-likeness (QED) is 0.746. The van der Waals surface area contributed by atoms with E-state index in [1.54, 1.807) is 6.26 Å². The summed E-state index contributed by atoms with van der Waals surface area (Å²) < 4.78 is 40.8. The summed E-state index contributed by atoms with van der Waals surface area (Å²) >= 11 is 0. The van der Waals surface area contributed by atoms with Gasteiger partial charge in [-0.2, -0.15) is 8.78 Å². The molecule has 6 heteroatoms. The van der Waals surface area contributed by atoms with Gasteiger partial charge < -0.3 is 14.2 Å². The minimum absolute atomic E-state index is 0.0278. The normalized spacial score (nSPS) is 21.8. The lowest BCUT2D eigenvalue weighted by atomic mass is 10.0. The minimum atomic E-state index is -3.42. The lowest BCUT2D eigenvalue weighted by Gasteiger charge is -2.25. The lowest BCUT2D eigenvalue weighted by Crippen LogP contribution is -2.36. The Morgan fingerprint density at radius 3 is 2.57 bits per heavy atom. The van der Waals surface area contributed by atoms with Crippen molar-refractivity contribution in [3.8, 4) is 0 Å². The zero-order valence-electron chi connectivity index (χ0n) is 12.5. The number of carbonyl (C=O) groups is 1. The van der Waals surface area contributed by atoms with Crippen molar-refractivity contribution in [2.75, 3.05) is 19.8 Å². The highest BCUT2D eigenvalue weighted by Gasteiger charge is 2.43. The van der Waals surface area contributed by atoms with E-state index in [2.05, 4.69) is 4.74 Å². The first kappa shape index (κ1) is 17.9. The molecule has 0 aromatic carbocycles. The number of ether oxygens (including phenoxy) is 3. The topological polar surface area (TPSA) is 44.8 Å². The summed E-state index contributed by atoms with van der Waals surface area (Å²) in [5.41, 5.74) is 0. The smallest absolute Gasteiger partial charge is 0.377 e. The fraction of sp³-hybridized carbons (Fsp3) is 0.800. The predicted molar refractivity (Wildman–Crippen MR) is 74.1 cm³/mol. The molecule has 0 saturated carbocycles. The van der Waals surface area contributed by atoms with Crippen molar-refractivity contribution in [1.82, 2.24) is 0 Å². The Morgan fingerprint density at radius 1 is 1.33 bits per heavy atom. The van der Waals surface area contributed by atoms with Gasteiger partial charge in [0.1, 0.15) is 0 Å². The number of rotatable bonds is 4. The van der Waals surface area contributed by atoms with Crippen molar-refractivity contribution in [3.63, 3.8) is 0 Å². The van der Waals surface area contributed by atoms with Crippen LogP contribution in [0.3, 0.4) is 0 Å². The third kappa shape index (κ3) is 7.41. The zero-order chi connectivity index (χ0) is 15.6. The Bertz CT molecular complexity index is 318. The van der Waals surface area contributed by atoms with E-state index in [1.165, 1.54) is 19.8 Å². The average molecular weight is 306 g/mol. The van der Waals surface area contributed by atoms with Gasteiger partial charge in [0, 0.05) is 13.0 Å². The van der Waals surface area contributed by atoms with Crippen LogP contribution in [-0.4, -0.2) is 37.8 Å². The van der Waals surface area contributed by atoms with Crippen LogP contribution in [0.4, 0.5) is 8.78 Å². The summed E-state index contributed by atoms with van der Waals surface area (Å²) in [6.07, 6.45) is 7.49. The molecule has 0 radical (unpaired) electrons. The molecule has 2 aliphatic heterocycles. The summed E-state index contributed by atoms with van der Waals surface area (Å²) in [5, 5.41) is 0. The first-order chi connectivity index (χ1) is 10.1. The van der Waals surface area contributed by atoms with Crippen LogP contribution in [0.5, 0.6) is 0 Å². The molecule has 2 aliphatic rings. The fourth-order valence-corrected chi connectivity index (χ4v) is 2.06. The minimum Gasteiger partial charge on any atom is -0.502 e. The second-order valence-corrected chi connectivity index (χ2v) is 5.00. The van der Waals surface area contributed by atoms with Crippen molar-refractivity contribution < 1.29 is 27.8 Å². The van der Waals surface area contributed by atoms with Crippen LogP contribution in [0.15, 0.2) is 12.3 Å². The van der Waals surface area contributed by atoms with Gasteiger partial charge in [-0.1, -0.05) is 0 Å². The Hall–Kier alpha value is -1.17. The number of hydrogen-bond donors (Lipinski definition) is 0. The van der Waals surface area contributed by atoms with Crippen LogP contribution in [0.1, 0.15) is 45.4 Å². The van der Waals surface area contributed by atoms with Gasteiger partial charge in [-0.25, -0.2) is 4.79 Å². The molecule has 0 N–H and O–H groups in total. The van der Waals surface area contributed by atoms with E-state index < -0.39 is 24.4 Å². The maximum absolute atomic E-state index is 13.2. The molecule has 122 valence electrons. The standard InChI is InChI=1S/C10H16F2O3.C5H8O/c1-2-14-9(13)10(11,12)7-8-5-3-4-6-15-8;1-2-4-6-5-3-1/h8H,2-7H2,1H3;2,4H,1,3,5H2. The summed E-state index contributed by atoms with van der Waals surface area (Å²) in [4.78, 5) is 10.9. The number of hydrogen-bond acceptors (Lipinski definition) is 4. The molecule has 4 nitrogen and oxygen atoms in total. The van der Waals surface area contributed by atoms with E-state index in [0.29, 0.717) is 13.0 Å². The molecule has 0 amide bonds. The van der Waals surface area contributed by atoms with Crippen LogP contribution in [0.25, 0.3) is 0 Å². The molecular weight excluding hydrogens is 282 g/mol. The number of carbonyl (C=O) groups excluding carboxylic acids is 1. The first-order valence-electron chi connectivity index (χ1n) is 7.49. The lowest BCUT2D eigenvalue weighted by molar-refractivity contribution is -0.177. The van der Waals surface area contributed by atoms with E-state index >= 15 is 0 Å². The van der Waals surface area contributed by atoms with E-state index in [1.807, 2.05) is 6.08 Å². The average Bonchev–Trinajstić information content (AvgIpc) is 2.50. The van der Waals surface area contributed by atoms with Gasteiger partial charge >= 0.3 is 11.9 Å². The van der Waals surface area contributed by atoms with Crippen molar-refractivity contribution in [3.05, 3.63) is 12.3 Å². The Kier molecular flexibility index (Phi) is 8.27. The molecule has 1 saturated heterocycles. The molecule has 1 unspecified atom stereocenters. The largest absolute Gasteiger partial charge is 0.502 e. The van der Waals surface area contributed by atoms with Crippen LogP contribution in [0.2, 0.25) is 0 Å². The van der Waals surface area contributed by atoms with Crippen molar-refractivity contribution in [2.45, 2.75) is 57.5 Å². The fourth-order valence-electron chi connectivity index (χ4n) is 2.06. The Balaban J connectivity index is 0.000000304. The number of allylic oxidation sites excluding steroid dienone is 1. The summed E-state index contributed by atoms with van der Waals surface area (Å²) in [6, 6.07) is 0. The van der Waals surface area contributed by atoms with Gasteiger partial charge in [0.2, 0.25) is 0 Å². The van der Waals surface area contributed by atoms with Gasteiger partial charge in [0.15, 0.2) is 0 Å². The summed E-state index contributed by atoms with van der Waals surface area (Å²) in [6.45, 7) is 2.89. The molecule has 1 atom stereocenters. The van der Waals surface area contributed by atoms with Gasteiger partial charge in [-0.05, 0) is 45.1 Å². The molecule has 0 spiro atoms. The molecule has 0 aromatic heterocycles. The van der Waals surface area contributed by atoms with E-state index in [0.717, 1.165) is 19.4 Å². The van der Waals surface area contributed by atoms with Gasteiger partial charge in [0.05, 0.1) is 25.6 Å². The van der Waals surface area contributed by atoms with Gasteiger partial charge in [-0.3, -0.25) is 0 Å². The monoisotopic (exact) mass is 306 g/mol.